The van der Waals surface area contributed by atoms with E-state index in [-0.39, 0.29) is 32.1 Å². The van der Waals surface area contributed by atoms with Gasteiger partial charge in [-0.2, -0.15) is 0 Å². The lowest BCUT2D eigenvalue weighted by Crippen LogP contribution is -2.27. The largest absolute Gasteiger partial charge is 0.472 e. The molecular formula is C49H94NO8P. The average molecular weight is 856 g/mol. The molecule has 0 radical (unpaired) electrons. The summed E-state index contributed by atoms with van der Waals surface area (Å²) in [5.74, 6) is -0.514. The SMILES string of the molecule is CCCCCC/C=C\C/C=C\CCCCCCCCCC(=O)NCCOP(=O)(O)OCC(O)COC(=O)CCCCCCCCCCCCCCCCCCCCCC. The maximum Gasteiger partial charge on any atom is 0.472 e. The van der Waals surface area contributed by atoms with E-state index in [1.807, 2.05) is 0 Å². The number of aliphatic hydroxyl groups is 1. The summed E-state index contributed by atoms with van der Waals surface area (Å²) in [6.45, 7) is 3.57. The quantitative estimate of drug-likeness (QED) is 0.0239. The Morgan fingerprint density at radius 1 is 0.525 bits per heavy atom. The first-order valence-electron chi connectivity index (χ1n) is 24.8. The summed E-state index contributed by atoms with van der Waals surface area (Å²) in [5.41, 5.74) is 0. The Bertz CT molecular complexity index is 1020. The average Bonchev–Trinajstić information content (AvgIpc) is 3.22. The molecule has 2 atom stereocenters. The zero-order valence-electron chi connectivity index (χ0n) is 38.5. The van der Waals surface area contributed by atoms with Crippen molar-refractivity contribution in [1.29, 1.82) is 0 Å². The Balaban J connectivity index is 3.55. The van der Waals surface area contributed by atoms with Crippen LogP contribution in [0.15, 0.2) is 24.3 Å². The maximum atomic E-state index is 12.1. The number of carbonyl (C=O) groups excluding carboxylic acids is 2. The first-order chi connectivity index (χ1) is 28.8. The minimum absolute atomic E-state index is 0.0796. The second-order valence-corrected chi connectivity index (χ2v) is 18.2. The van der Waals surface area contributed by atoms with Crippen molar-refractivity contribution >= 4 is 19.7 Å². The van der Waals surface area contributed by atoms with Crippen molar-refractivity contribution in [3.63, 3.8) is 0 Å². The predicted molar refractivity (Wildman–Crippen MR) is 248 cm³/mol. The molecule has 0 rings (SSSR count). The minimum atomic E-state index is -4.42. The number of rotatable bonds is 47. The van der Waals surface area contributed by atoms with Gasteiger partial charge < -0.3 is 20.1 Å². The summed E-state index contributed by atoms with van der Waals surface area (Å²) < 4.78 is 27.0. The molecule has 2 unspecified atom stereocenters. The summed E-state index contributed by atoms with van der Waals surface area (Å²) in [6.07, 6.45) is 51.1. The first-order valence-corrected chi connectivity index (χ1v) is 26.3. The molecule has 0 aromatic carbocycles. The number of allylic oxidation sites excluding steroid dienone is 4. The summed E-state index contributed by atoms with van der Waals surface area (Å²) in [7, 11) is -4.42. The van der Waals surface area contributed by atoms with Crippen LogP contribution in [0.4, 0.5) is 0 Å². The number of phosphoric acid groups is 1. The van der Waals surface area contributed by atoms with Gasteiger partial charge in [0.25, 0.3) is 0 Å². The zero-order chi connectivity index (χ0) is 43.2. The molecule has 3 N–H and O–H groups in total. The van der Waals surface area contributed by atoms with Gasteiger partial charge in [-0.05, 0) is 44.9 Å². The van der Waals surface area contributed by atoms with Gasteiger partial charge in [-0.15, -0.1) is 0 Å². The highest BCUT2D eigenvalue weighted by Gasteiger charge is 2.23. The van der Waals surface area contributed by atoms with Gasteiger partial charge in [0, 0.05) is 19.4 Å². The van der Waals surface area contributed by atoms with Gasteiger partial charge >= 0.3 is 13.8 Å². The summed E-state index contributed by atoms with van der Waals surface area (Å²) in [4.78, 5) is 34.0. The predicted octanol–water partition coefficient (Wildman–Crippen LogP) is 14.3. The smallest absolute Gasteiger partial charge is 0.463 e. The third kappa shape index (κ3) is 47.4. The van der Waals surface area contributed by atoms with Gasteiger partial charge in [0.1, 0.15) is 12.7 Å². The molecule has 9 nitrogen and oxygen atoms in total. The molecule has 0 heterocycles. The number of hydrogen-bond donors (Lipinski definition) is 3. The topological polar surface area (TPSA) is 131 Å². The third-order valence-electron chi connectivity index (χ3n) is 10.9. The van der Waals surface area contributed by atoms with E-state index >= 15 is 0 Å². The second kappa shape index (κ2) is 46.0. The number of hydrogen-bond acceptors (Lipinski definition) is 7. The number of unbranched alkanes of at least 4 members (excludes halogenated alkanes) is 30. The van der Waals surface area contributed by atoms with Crippen molar-refractivity contribution < 1.29 is 37.9 Å². The van der Waals surface area contributed by atoms with Crippen LogP contribution < -0.4 is 5.32 Å². The highest BCUT2D eigenvalue weighted by Crippen LogP contribution is 2.42. The van der Waals surface area contributed by atoms with Gasteiger partial charge in [0.05, 0.1) is 13.2 Å². The van der Waals surface area contributed by atoms with Crippen molar-refractivity contribution in [2.45, 2.75) is 251 Å². The molecule has 0 aliphatic rings. The molecule has 59 heavy (non-hydrogen) atoms. The molecule has 0 aromatic heterocycles. The molecule has 1 amide bonds. The van der Waals surface area contributed by atoms with Crippen LogP contribution in [-0.2, 0) is 27.9 Å². The van der Waals surface area contributed by atoms with Crippen LogP contribution in [0.3, 0.4) is 0 Å². The molecule has 10 heteroatoms. The van der Waals surface area contributed by atoms with Gasteiger partial charge in [-0.1, -0.05) is 212 Å². The van der Waals surface area contributed by atoms with Crippen LogP contribution in [0, 0.1) is 0 Å². The Labute approximate surface area is 363 Å². The van der Waals surface area contributed by atoms with Crippen molar-refractivity contribution in [2.75, 3.05) is 26.4 Å². The Hall–Kier alpha value is -1.51. The van der Waals surface area contributed by atoms with Gasteiger partial charge in [0.15, 0.2) is 0 Å². The number of phosphoric ester groups is 1. The Kier molecular flexibility index (Phi) is 44.8. The second-order valence-electron chi connectivity index (χ2n) is 16.8. The van der Waals surface area contributed by atoms with E-state index in [1.165, 1.54) is 167 Å². The molecule has 0 aliphatic carbocycles. The number of nitrogens with one attached hydrogen (secondary N) is 1. The molecule has 0 saturated carbocycles. The molecule has 0 bridgehead atoms. The highest BCUT2D eigenvalue weighted by atomic mass is 31.2. The van der Waals surface area contributed by atoms with E-state index < -0.39 is 26.5 Å². The minimum Gasteiger partial charge on any atom is -0.463 e. The van der Waals surface area contributed by atoms with Crippen LogP contribution in [0.2, 0.25) is 0 Å². The molecule has 0 aliphatic heterocycles. The lowest BCUT2D eigenvalue weighted by atomic mass is 10.0. The summed E-state index contributed by atoms with van der Waals surface area (Å²) in [5, 5.41) is 12.7. The van der Waals surface area contributed by atoms with Crippen molar-refractivity contribution in [2.24, 2.45) is 0 Å². The van der Waals surface area contributed by atoms with Crippen LogP contribution >= 0.6 is 7.82 Å². The zero-order valence-corrected chi connectivity index (χ0v) is 39.4. The van der Waals surface area contributed by atoms with E-state index in [2.05, 4.69) is 43.5 Å². The van der Waals surface area contributed by atoms with E-state index in [0.29, 0.717) is 6.42 Å². The number of carbonyl (C=O) groups is 2. The van der Waals surface area contributed by atoms with E-state index in [9.17, 15) is 24.2 Å². The van der Waals surface area contributed by atoms with Crippen LogP contribution in [0.25, 0.3) is 0 Å². The standard InChI is InChI=1S/C49H94NO8P/c1-3-5-7-9-11-13-15-17-19-21-23-24-26-28-30-32-34-36-38-40-42-49(53)56-45-47(51)46-58-59(54,55)57-44-43-50-48(52)41-39-37-35-33-31-29-27-25-22-20-18-16-14-12-10-8-6-4-2/h14,16,20,22,47,51H,3-13,15,17-19,21,23-46H2,1-2H3,(H,50,52)(H,54,55)/b16-14-,22-20-. The molecule has 0 aromatic rings. The van der Waals surface area contributed by atoms with Crippen LogP contribution in [0.5, 0.6) is 0 Å². The first kappa shape index (κ1) is 57.5. The molecule has 0 saturated heterocycles. The Morgan fingerprint density at radius 3 is 1.37 bits per heavy atom. The van der Waals surface area contributed by atoms with Gasteiger partial charge in [-0.25, -0.2) is 4.57 Å². The number of aliphatic hydroxyl groups excluding tert-OH is 1. The monoisotopic (exact) mass is 856 g/mol. The van der Waals surface area contributed by atoms with Crippen LogP contribution in [-0.4, -0.2) is 54.3 Å². The van der Waals surface area contributed by atoms with Gasteiger partial charge in [-0.3, -0.25) is 18.6 Å². The summed E-state index contributed by atoms with van der Waals surface area (Å²) >= 11 is 0. The third-order valence-corrected chi connectivity index (χ3v) is 11.9. The number of esters is 1. The fourth-order valence-electron chi connectivity index (χ4n) is 7.12. The van der Waals surface area contributed by atoms with Crippen LogP contribution in [0.1, 0.15) is 245 Å². The van der Waals surface area contributed by atoms with Gasteiger partial charge in [0.2, 0.25) is 5.91 Å². The van der Waals surface area contributed by atoms with Crippen molar-refractivity contribution in [3.8, 4) is 0 Å². The molecular weight excluding hydrogens is 762 g/mol. The molecule has 348 valence electrons. The molecule has 0 spiro atoms. The van der Waals surface area contributed by atoms with Crippen molar-refractivity contribution in [3.05, 3.63) is 24.3 Å². The van der Waals surface area contributed by atoms with E-state index in [4.69, 9.17) is 13.8 Å². The normalized spacial score (nSPS) is 13.4. The van der Waals surface area contributed by atoms with E-state index in [0.717, 1.165) is 51.4 Å². The van der Waals surface area contributed by atoms with Crippen molar-refractivity contribution in [1.82, 2.24) is 5.32 Å². The van der Waals surface area contributed by atoms with E-state index in [1.54, 1.807) is 0 Å². The number of amides is 1. The fourth-order valence-corrected chi connectivity index (χ4v) is 7.88. The lowest BCUT2D eigenvalue weighted by molar-refractivity contribution is -0.147. The Morgan fingerprint density at radius 2 is 0.915 bits per heavy atom. The fraction of sp³-hybridized carbons (Fsp3) is 0.878. The summed E-state index contributed by atoms with van der Waals surface area (Å²) in [6, 6.07) is 0. The highest BCUT2D eigenvalue weighted by molar-refractivity contribution is 7.47. The lowest BCUT2D eigenvalue weighted by Gasteiger charge is -2.15. The maximum absolute atomic E-state index is 12.1. The molecule has 0 fully saturated rings. The number of ether oxygens (including phenoxy) is 1.